The van der Waals surface area contributed by atoms with Gasteiger partial charge in [-0.1, -0.05) is 24.3 Å². The molecule has 0 radical (unpaired) electrons. The van der Waals surface area contributed by atoms with Crippen molar-refractivity contribution in [2.75, 3.05) is 39.3 Å². The van der Waals surface area contributed by atoms with Crippen molar-refractivity contribution in [3.8, 4) is 0 Å². The van der Waals surface area contributed by atoms with Crippen LogP contribution in [0.25, 0.3) is 0 Å². The molecule has 2 aliphatic rings. The molecule has 1 atom stereocenters. The van der Waals surface area contributed by atoms with Gasteiger partial charge in [0.25, 0.3) is 0 Å². The number of fused-ring (bicyclic) bond motifs is 1. The second-order valence-corrected chi connectivity index (χ2v) is 6.99. The van der Waals surface area contributed by atoms with Gasteiger partial charge in [0.2, 0.25) is 11.8 Å². The normalized spacial score (nSPS) is 20.8. The van der Waals surface area contributed by atoms with Crippen molar-refractivity contribution < 1.29 is 9.59 Å². The SMILES string of the molecule is NCCNC(=O)C1CCCN(CC(=O)N2CCc3ccccc3C2)C1. The highest BCUT2D eigenvalue weighted by atomic mass is 16.2. The van der Waals surface area contributed by atoms with Gasteiger partial charge in [0, 0.05) is 32.7 Å². The van der Waals surface area contributed by atoms with E-state index in [-0.39, 0.29) is 17.7 Å². The Labute approximate surface area is 149 Å². The van der Waals surface area contributed by atoms with Gasteiger partial charge in [0.15, 0.2) is 0 Å². The van der Waals surface area contributed by atoms with Crippen molar-refractivity contribution in [3.63, 3.8) is 0 Å². The predicted molar refractivity (Wildman–Crippen MR) is 96.8 cm³/mol. The number of carbonyl (C=O) groups is 2. The Morgan fingerprint density at radius 3 is 2.80 bits per heavy atom. The van der Waals surface area contributed by atoms with Gasteiger partial charge in [0.05, 0.1) is 12.5 Å². The Kier molecular flexibility index (Phi) is 6.04. The van der Waals surface area contributed by atoms with Gasteiger partial charge >= 0.3 is 0 Å². The minimum Gasteiger partial charge on any atom is -0.355 e. The molecular formula is C19H28N4O2. The zero-order valence-electron chi connectivity index (χ0n) is 14.7. The van der Waals surface area contributed by atoms with E-state index in [0.29, 0.717) is 32.7 Å². The molecule has 0 aromatic heterocycles. The molecular weight excluding hydrogens is 316 g/mol. The Bertz CT molecular complexity index is 619. The monoisotopic (exact) mass is 344 g/mol. The number of nitrogens with two attached hydrogens (primary N) is 1. The molecule has 2 heterocycles. The summed E-state index contributed by atoms with van der Waals surface area (Å²) in [6.45, 7) is 4.40. The Morgan fingerprint density at radius 2 is 2.00 bits per heavy atom. The Morgan fingerprint density at radius 1 is 1.20 bits per heavy atom. The molecule has 6 nitrogen and oxygen atoms in total. The summed E-state index contributed by atoms with van der Waals surface area (Å²) in [5, 5.41) is 2.86. The van der Waals surface area contributed by atoms with Gasteiger partial charge in [-0.3, -0.25) is 14.5 Å². The van der Waals surface area contributed by atoms with E-state index < -0.39 is 0 Å². The molecule has 0 bridgehead atoms. The largest absolute Gasteiger partial charge is 0.355 e. The number of nitrogens with zero attached hydrogens (tertiary/aromatic N) is 2. The molecule has 136 valence electrons. The second kappa shape index (κ2) is 8.45. The quantitative estimate of drug-likeness (QED) is 0.808. The van der Waals surface area contributed by atoms with Gasteiger partial charge in [-0.05, 0) is 36.9 Å². The van der Waals surface area contributed by atoms with Crippen LogP contribution in [0.2, 0.25) is 0 Å². The van der Waals surface area contributed by atoms with Crippen molar-refractivity contribution in [1.82, 2.24) is 15.1 Å². The highest BCUT2D eigenvalue weighted by Crippen LogP contribution is 2.20. The first-order chi connectivity index (χ1) is 12.2. The fraction of sp³-hybridized carbons (Fsp3) is 0.579. The van der Waals surface area contributed by atoms with Gasteiger partial charge in [-0.25, -0.2) is 0 Å². The molecule has 6 heteroatoms. The van der Waals surface area contributed by atoms with Crippen molar-refractivity contribution in [2.24, 2.45) is 11.7 Å². The minimum absolute atomic E-state index is 0.0322. The van der Waals surface area contributed by atoms with E-state index in [1.54, 1.807) is 0 Å². The molecule has 3 rings (SSSR count). The third kappa shape index (κ3) is 4.58. The molecule has 1 saturated heterocycles. The van der Waals surface area contributed by atoms with Crippen LogP contribution in [0.15, 0.2) is 24.3 Å². The first kappa shape index (κ1) is 17.9. The molecule has 25 heavy (non-hydrogen) atoms. The third-order valence-corrected chi connectivity index (χ3v) is 5.16. The molecule has 0 saturated carbocycles. The lowest BCUT2D eigenvalue weighted by atomic mass is 9.97. The van der Waals surface area contributed by atoms with Crippen LogP contribution in [0.4, 0.5) is 0 Å². The molecule has 1 aromatic carbocycles. The molecule has 0 spiro atoms. The predicted octanol–water partition coefficient (Wildman–Crippen LogP) is 0.358. The average molecular weight is 344 g/mol. The number of hydrogen-bond donors (Lipinski definition) is 2. The van der Waals surface area contributed by atoms with Gasteiger partial charge in [-0.15, -0.1) is 0 Å². The number of carbonyl (C=O) groups excluding carboxylic acids is 2. The zero-order valence-corrected chi connectivity index (χ0v) is 14.7. The molecule has 1 aromatic rings. The molecule has 2 aliphatic heterocycles. The van der Waals surface area contributed by atoms with Crippen LogP contribution in [-0.2, 0) is 22.6 Å². The highest BCUT2D eigenvalue weighted by Gasteiger charge is 2.28. The zero-order chi connectivity index (χ0) is 17.6. The van der Waals surface area contributed by atoms with E-state index in [1.165, 1.54) is 11.1 Å². The van der Waals surface area contributed by atoms with Crippen molar-refractivity contribution >= 4 is 11.8 Å². The van der Waals surface area contributed by atoms with Gasteiger partial charge in [0.1, 0.15) is 0 Å². The number of likely N-dealkylation sites (tertiary alicyclic amines) is 1. The summed E-state index contributed by atoms with van der Waals surface area (Å²) in [7, 11) is 0. The standard InChI is InChI=1S/C19H28N4O2/c20-8-9-21-19(25)17-6-3-10-22(12-17)14-18(24)23-11-7-15-4-1-2-5-16(15)13-23/h1-2,4-5,17H,3,6-14,20H2,(H,21,25). The Balaban J connectivity index is 1.52. The van der Waals surface area contributed by atoms with E-state index >= 15 is 0 Å². The average Bonchev–Trinajstić information content (AvgIpc) is 2.65. The van der Waals surface area contributed by atoms with Crippen LogP contribution in [0.3, 0.4) is 0 Å². The van der Waals surface area contributed by atoms with Crippen LogP contribution in [0.5, 0.6) is 0 Å². The van der Waals surface area contributed by atoms with E-state index in [9.17, 15) is 9.59 Å². The molecule has 2 amide bonds. The fourth-order valence-electron chi connectivity index (χ4n) is 3.75. The van der Waals surface area contributed by atoms with Crippen LogP contribution in [-0.4, -0.2) is 60.9 Å². The van der Waals surface area contributed by atoms with Crippen molar-refractivity contribution in [3.05, 3.63) is 35.4 Å². The number of nitrogens with one attached hydrogen (secondary N) is 1. The molecule has 1 fully saturated rings. The highest BCUT2D eigenvalue weighted by molar-refractivity contribution is 5.80. The molecule has 0 aliphatic carbocycles. The number of benzene rings is 1. The molecule has 3 N–H and O–H groups in total. The fourth-order valence-corrected chi connectivity index (χ4v) is 3.75. The van der Waals surface area contributed by atoms with Gasteiger partial charge in [-0.2, -0.15) is 0 Å². The van der Waals surface area contributed by atoms with Crippen LogP contribution < -0.4 is 11.1 Å². The summed E-state index contributed by atoms with van der Waals surface area (Å²) in [4.78, 5) is 28.9. The maximum atomic E-state index is 12.7. The molecule has 1 unspecified atom stereocenters. The smallest absolute Gasteiger partial charge is 0.237 e. The topological polar surface area (TPSA) is 78.7 Å². The van der Waals surface area contributed by atoms with E-state index in [4.69, 9.17) is 5.73 Å². The number of rotatable bonds is 5. The van der Waals surface area contributed by atoms with E-state index in [0.717, 1.165) is 32.4 Å². The maximum Gasteiger partial charge on any atom is 0.237 e. The summed E-state index contributed by atoms with van der Waals surface area (Å²) in [6.07, 6.45) is 2.76. The van der Waals surface area contributed by atoms with Crippen LogP contribution in [0, 0.1) is 5.92 Å². The lowest BCUT2D eigenvalue weighted by molar-refractivity contribution is -0.135. The second-order valence-electron chi connectivity index (χ2n) is 6.99. The lowest BCUT2D eigenvalue weighted by Gasteiger charge is -2.34. The first-order valence-electron chi connectivity index (χ1n) is 9.22. The lowest BCUT2D eigenvalue weighted by Crippen LogP contribution is -2.48. The number of piperidine rings is 1. The van der Waals surface area contributed by atoms with E-state index in [2.05, 4.69) is 28.4 Å². The van der Waals surface area contributed by atoms with Crippen molar-refractivity contribution in [1.29, 1.82) is 0 Å². The van der Waals surface area contributed by atoms with Crippen molar-refractivity contribution in [2.45, 2.75) is 25.8 Å². The summed E-state index contributed by atoms with van der Waals surface area (Å²) in [6, 6.07) is 8.34. The summed E-state index contributed by atoms with van der Waals surface area (Å²) in [5.41, 5.74) is 8.04. The summed E-state index contributed by atoms with van der Waals surface area (Å²) < 4.78 is 0. The Hall–Kier alpha value is -1.92. The maximum absolute atomic E-state index is 12.7. The summed E-state index contributed by atoms with van der Waals surface area (Å²) >= 11 is 0. The minimum atomic E-state index is -0.0322. The summed E-state index contributed by atoms with van der Waals surface area (Å²) in [5.74, 6) is 0.196. The van der Waals surface area contributed by atoms with Gasteiger partial charge < -0.3 is 16.0 Å². The third-order valence-electron chi connectivity index (χ3n) is 5.16. The van der Waals surface area contributed by atoms with Crippen LogP contribution in [0.1, 0.15) is 24.0 Å². The number of amides is 2. The number of hydrogen-bond acceptors (Lipinski definition) is 4. The van der Waals surface area contributed by atoms with E-state index in [1.807, 2.05) is 11.0 Å². The van der Waals surface area contributed by atoms with Crippen LogP contribution >= 0.6 is 0 Å². The first-order valence-corrected chi connectivity index (χ1v) is 9.22.